The Kier molecular flexibility index (Phi) is 4.64. The molecule has 0 spiro atoms. The van der Waals surface area contributed by atoms with E-state index in [1.165, 1.54) is 0 Å². The van der Waals surface area contributed by atoms with Gasteiger partial charge in [-0.25, -0.2) is 4.79 Å². The lowest BCUT2D eigenvalue weighted by molar-refractivity contribution is 0.0473. The number of nitrogens with zero attached hydrogens (tertiary/aromatic N) is 2. The molecule has 26 heavy (non-hydrogen) atoms. The molecule has 6 heteroatoms. The summed E-state index contributed by atoms with van der Waals surface area (Å²) in [5.74, 6) is 1.36. The van der Waals surface area contributed by atoms with Gasteiger partial charge in [0.05, 0.1) is 12.1 Å². The van der Waals surface area contributed by atoms with E-state index in [1.54, 1.807) is 12.1 Å². The van der Waals surface area contributed by atoms with Crippen molar-refractivity contribution >= 4 is 11.7 Å². The van der Waals surface area contributed by atoms with Crippen LogP contribution in [0, 0.1) is 0 Å². The maximum atomic E-state index is 12.2. The van der Waals surface area contributed by atoms with E-state index in [1.807, 2.05) is 42.5 Å². The van der Waals surface area contributed by atoms with Crippen molar-refractivity contribution in [2.75, 3.05) is 5.32 Å². The van der Waals surface area contributed by atoms with E-state index in [0.29, 0.717) is 23.9 Å². The highest BCUT2D eigenvalue weighted by atomic mass is 16.5. The minimum Gasteiger partial charge on any atom is -0.457 e. The van der Waals surface area contributed by atoms with Crippen LogP contribution < -0.4 is 5.32 Å². The Morgan fingerprint density at radius 3 is 2.77 bits per heavy atom. The van der Waals surface area contributed by atoms with Crippen molar-refractivity contribution in [1.82, 2.24) is 10.2 Å². The first-order valence-corrected chi connectivity index (χ1v) is 8.65. The molecular formula is C20H19N3O3. The summed E-state index contributed by atoms with van der Waals surface area (Å²) in [4.78, 5) is 12.2. The molecule has 0 saturated heterocycles. The molecule has 1 aliphatic rings. The van der Waals surface area contributed by atoms with Gasteiger partial charge in [-0.3, -0.25) is 0 Å². The van der Waals surface area contributed by atoms with Gasteiger partial charge in [0.2, 0.25) is 11.8 Å². The van der Waals surface area contributed by atoms with Gasteiger partial charge in [0.1, 0.15) is 6.61 Å². The average Bonchev–Trinajstić information content (AvgIpc) is 3.44. The fourth-order valence-corrected chi connectivity index (χ4v) is 2.57. The molecule has 0 bridgehead atoms. The van der Waals surface area contributed by atoms with Gasteiger partial charge in [-0.15, -0.1) is 10.2 Å². The van der Waals surface area contributed by atoms with Crippen LogP contribution in [-0.2, 0) is 17.9 Å². The van der Waals surface area contributed by atoms with Gasteiger partial charge in [-0.05, 0) is 36.6 Å². The third kappa shape index (κ3) is 4.08. The van der Waals surface area contributed by atoms with Gasteiger partial charge in [0.25, 0.3) is 0 Å². The van der Waals surface area contributed by atoms with E-state index >= 15 is 0 Å². The van der Waals surface area contributed by atoms with Gasteiger partial charge in [0.15, 0.2) is 0 Å². The van der Waals surface area contributed by atoms with Crippen LogP contribution in [0.2, 0.25) is 0 Å². The number of anilines is 1. The van der Waals surface area contributed by atoms with Crippen molar-refractivity contribution in [1.29, 1.82) is 0 Å². The molecule has 1 fully saturated rings. The van der Waals surface area contributed by atoms with Crippen molar-refractivity contribution < 1.29 is 13.9 Å². The number of hydrogen-bond acceptors (Lipinski definition) is 6. The van der Waals surface area contributed by atoms with Gasteiger partial charge in [-0.1, -0.05) is 36.4 Å². The van der Waals surface area contributed by atoms with Crippen molar-refractivity contribution in [3.8, 4) is 0 Å². The lowest BCUT2D eigenvalue weighted by atomic mass is 10.2. The Bertz CT molecular complexity index is 888. The molecule has 1 heterocycles. The van der Waals surface area contributed by atoms with Crippen molar-refractivity contribution in [3.63, 3.8) is 0 Å². The number of benzene rings is 2. The Morgan fingerprint density at radius 1 is 1.12 bits per heavy atom. The maximum Gasteiger partial charge on any atom is 0.338 e. The third-order valence-corrected chi connectivity index (χ3v) is 4.16. The van der Waals surface area contributed by atoms with Gasteiger partial charge in [-0.2, -0.15) is 0 Å². The number of esters is 1. The highest BCUT2D eigenvalue weighted by Crippen LogP contribution is 2.39. The molecule has 6 nitrogen and oxygen atoms in total. The van der Waals surface area contributed by atoms with E-state index in [4.69, 9.17) is 9.15 Å². The number of rotatable bonds is 7. The van der Waals surface area contributed by atoms with Crippen LogP contribution >= 0.6 is 0 Å². The second-order valence-electron chi connectivity index (χ2n) is 6.30. The number of hydrogen-bond donors (Lipinski definition) is 1. The normalized spacial score (nSPS) is 13.4. The summed E-state index contributed by atoms with van der Waals surface area (Å²) < 4.78 is 11.0. The SMILES string of the molecule is O=C(OCc1ccccc1)c1cccc(NCc2nnc(C3CC3)o2)c1. The zero-order chi connectivity index (χ0) is 17.8. The van der Waals surface area contributed by atoms with Crippen molar-refractivity contribution in [2.45, 2.75) is 31.9 Å². The Hall–Kier alpha value is -3.15. The molecule has 0 unspecified atom stereocenters. The van der Waals surface area contributed by atoms with E-state index in [2.05, 4.69) is 15.5 Å². The molecule has 1 N–H and O–H groups in total. The zero-order valence-electron chi connectivity index (χ0n) is 14.2. The highest BCUT2D eigenvalue weighted by Gasteiger charge is 2.29. The fourth-order valence-electron chi connectivity index (χ4n) is 2.57. The number of ether oxygens (including phenoxy) is 1. The number of carbonyl (C=O) groups is 1. The highest BCUT2D eigenvalue weighted by molar-refractivity contribution is 5.90. The molecule has 2 aromatic carbocycles. The molecule has 0 amide bonds. The molecular weight excluding hydrogens is 330 g/mol. The van der Waals surface area contributed by atoms with Gasteiger partial charge in [0, 0.05) is 11.6 Å². The minimum absolute atomic E-state index is 0.253. The summed E-state index contributed by atoms with van der Waals surface area (Å²) in [6.07, 6.45) is 2.25. The first-order chi connectivity index (χ1) is 12.8. The lowest BCUT2D eigenvalue weighted by Crippen LogP contribution is -2.06. The van der Waals surface area contributed by atoms with Crippen LogP contribution in [0.1, 0.15) is 46.5 Å². The number of carbonyl (C=O) groups excluding carboxylic acids is 1. The third-order valence-electron chi connectivity index (χ3n) is 4.16. The Labute approximate surface area is 151 Å². The van der Waals surface area contributed by atoms with E-state index < -0.39 is 0 Å². The molecule has 1 saturated carbocycles. The minimum atomic E-state index is -0.355. The molecule has 3 aromatic rings. The first kappa shape index (κ1) is 16.3. The summed E-state index contributed by atoms with van der Waals surface area (Å²) in [6.45, 7) is 0.672. The zero-order valence-corrected chi connectivity index (χ0v) is 14.2. The predicted molar refractivity (Wildman–Crippen MR) is 95.6 cm³/mol. The molecule has 132 valence electrons. The smallest absolute Gasteiger partial charge is 0.338 e. The second kappa shape index (κ2) is 7.39. The lowest BCUT2D eigenvalue weighted by Gasteiger charge is -2.07. The van der Waals surface area contributed by atoms with Gasteiger partial charge < -0.3 is 14.5 Å². The average molecular weight is 349 g/mol. The standard InChI is InChI=1S/C20H19N3O3/c24-20(25-13-14-5-2-1-3-6-14)16-7-4-8-17(11-16)21-12-18-22-23-19(26-18)15-9-10-15/h1-8,11,15,21H,9-10,12-13H2. The van der Waals surface area contributed by atoms with Crippen molar-refractivity contribution in [3.05, 3.63) is 77.5 Å². The number of nitrogens with one attached hydrogen (secondary N) is 1. The molecule has 0 radical (unpaired) electrons. The monoisotopic (exact) mass is 349 g/mol. The largest absolute Gasteiger partial charge is 0.457 e. The van der Waals surface area contributed by atoms with E-state index in [9.17, 15) is 4.79 Å². The quantitative estimate of drug-likeness (QED) is 0.652. The first-order valence-electron chi connectivity index (χ1n) is 8.65. The topological polar surface area (TPSA) is 77.2 Å². The Morgan fingerprint density at radius 2 is 1.96 bits per heavy atom. The summed E-state index contributed by atoms with van der Waals surface area (Å²) in [6, 6.07) is 16.8. The second-order valence-corrected chi connectivity index (χ2v) is 6.30. The summed E-state index contributed by atoms with van der Waals surface area (Å²) in [7, 11) is 0. The maximum absolute atomic E-state index is 12.2. The van der Waals surface area contributed by atoms with Crippen LogP contribution in [0.15, 0.2) is 59.0 Å². The molecule has 1 aliphatic carbocycles. The van der Waals surface area contributed by atoms with Crippen molar-refractivity contribution in [2.24, 2.45) is 0 Å². The number of aromatic nitrogens is 2. The summed E-state index contributed by atoms with van der Waals surface area (Å²) in [5, 5.41) is 11.3. The molecule has 0 atom stereocenters. The fraction of sp³-hybridized carbons (Fsp3) is 0.250. The summed E-state index contributed by atoms with van der Waals surface area (Å²) >= 11 is 0. The van der Waals surface area contributed by atoms with Crippen LogP contribution in [0.4, 0.5) is 5.69 Å². The summed E-state index contributed by atoms with van der Waals surface area (Å²) in [5.41, 5.74) is 2.25. The van der Waals surface area contributed by atoms with Crippen LogP contribution in [0.5, 0.6) is 0 Å². The molecule has 1 aromatic heterocycles. The molecule has 4 rings (SSSR count). The van der Waals surface area contributed by atoms with Crippen LogP contribution in [-0.4, -0.2) is 16.2 Å². The molecule has 0 aliphatic heterocycles. The Balaban J connectivity index is 1.33. The van der Waals surface area contributed by atoms with Crippen LogP contribution in [0.25, 0.3) is 0 Å². The predicted octanol–water partition coefficient (Wildman–Crippen LogP) is 3.92. The van der Waals surface area contributed by atoms with E-state index in [0.717, 1.165) is 30.0 Å². The van der Waals surface area contributed by atoms with Crippen LogP contribution in [0.3, 0.4) is 0 Å². The van der Waals surface area contributed by atoms with Gasteiger partial charge >= 0.3 is 5.97 Å². The van der Waals surface area contributed by atoms with E-state index in [-0.39, 0.29) is 12.6 Å².